The second-order valence-corrected chi connectivity index (χ2v) is 5.59. The molecule has 0 unspecified atom stereocenters. The lowest BCUT2D eigenvalue weighted by atomic mass is 9.95. The Hall–Kier alpha value is -2.39. The number of carboxylic acid groups (broad SMARTS) is 2. The van der Waals surface area contributed by atoms with Crippen molar-refractivity contribution in [3.8, 4) is 11.1 Å². The average Bonchev–Trinajstić information content (AvgIpc) is 2.42. The summed E-state index contributed by atoms with van der Waals surface area (Å²) in [6, 6.07) is 2.01. The number of carbonyl (C=O) groups is 2. The molecule has 0 spiro atoms. The number of aromatic amines is 1. The van der Waals surface area contributed by atoms with Crippen molar-refractivity contribution in [3.05, 3.63) is 48.9 Å². The summed E-state index contributed by atoms with van der Waals surface area (Å²) in [5, 5.41) is 18.2. The van der Waals surface area contributed by atoms with Gasteiger partial charge in [-0.15, -0.1) is 0 Å². The maximum atomic E-state index is 13.8. The van der Waals surface area contributed by atoms with Crippen LogP contribution in [0.2, 0.25) is 5.02 Å². The standard InChI is InChI=1S/C13H7BrClFN2O5/c14-4-1-3(2-5(16)9(4)15)6-7(12(20)21)10(17)18-11(19)8(6)13(22)23/h1-2H,(H,20,21)(H,22,23)(H3,17,18,19). The molecule has 2 rings (SSSR count). The first-order chi connectivity index (χ1) is 10.6. The van der Waals surface area contributed by atoms with Crippen molar-refractivity contribution in [3.63, 3.8) is 0 Å². The Morgan fingerprint density at radius 3 is 2.26 bits per heavy atom. The van der Waals surface area contributed by atoms with E-state index < -0.39 is 45.8 Å². The van der Waals surface area contributed by atoms with Crippen molar-refractivity contribution in [2.24, 2.45) is 0 Å². The minimum absolute atomic E-state index is 0.0562. The van der Waals surface area contributed by atoms with E-state index in [4.69, 9.17) is 17.3 Å². The molecule has 0 bridgehead atoms. The van der Waals surface area contributed by atoms with Crippen LogP contribution in [0.4, 0.5) is 10.2 Å². The number of aromatic carboxylic acids is 2. The molecule has 0 fully saturated rings. The molecule has 1 aromatic heterocycles. The molecule has 5 N–H and O–H groups in total. The molecule has 7 nitrogen and oxygen atoms in total. The summed E-state index contributed by atoms with van der Waals surface area (Å²) in [7, 11) is 0. The average molecular weight is 406 g/mol. The summed E-state index contributed by atoms with van der Waals surface area (Å²) in [5.41, 5.74) is 2.15. The van der Waals surface area contributed by atoms with E-state index in [1.807, 2.05) is 4.98 Å². The molecule has 0 aliphatic heterocycles. The predicted octanol–water partition coefficient (Wildman–Crippen LogP) is 2.58. The minimum atomic E-state index is -1.68. The number of rotatable bonds is 3. The van der Waals surface area contributed by atoms with E-state index in [0.29, 0.717) is 0 Å². The van der Waals surface area contributed by atoms with E-state index in [0.717, 1.165) is 6.07 Å². The van der Waals surface area contributed by atoms with E-state index >= 15 is 0 Å². The van der Waals surface area contributed by atoms with Gasteiger partial charge in [-0.1, -0.05) is 11.6 Å². The van der Waals surface area contributed by atoms with Gasteiger partial charge >= 0.3 is 11.9 Å². The van der Waals surface area contributed by atoms with Gasteiger partial charge in [-0.2, -0.15) is 0 Å². The van der Waals surface area contributed by atoms with Crippen LogP contribution in [0, 0.1) is 5.82 Å². The number of pyridine rings is 1. The number of anilines is 1. The number of nitrogens with one attached hydrogen (secondary N) is 1. The molecule has 0 aliphatic carbocycles. The fraction of sp³-hybridized carbons (Fsp3) is 0. The lowest BCUT2D eigenvalue weighted by Gasteiger charge is -2.13. The first-order valence-electron chi connectivity index (χ1n) is 5.82. The number of hydrogen-bond donors (Lipinski definition) is 4. The normalized spacial score (nSPS) is 10.6. The Morgan fingerprint density at radius 1 is 1.22 bits per heavy atom. The van der Waals surface area contributed by atoms with Crippen LogP contribution >= 0.6 is 27.5 Å². The van der Waals surface area contributed by atoms with Crippen molar-refractivity contribution in [1.29, 1.82) is 0 Å². The zero-order valence-corrected chi connectivity index (χ0v) is 13.3. The second kappa shape index (κ2) is 6.01. The zero-order chi connectivity index (χ0) is 17.5. The third kappa shape index (κ3) is 2.92. The summed E-state index contributed by atoms with van der Waals surface area (Å²) in [4.78, 5) is 36.6. The maximum absolute atomic E-state index is 13.8. The Kier molecular flexibility index (Phi) is 4.44. The van der Waals surface area contributed by atoms with Crippen LogP contribution in [0.15, 0.2) is 21.4 Å². The van der Waals surface area contributed by atoms with Gasteiger partial charge in [-0.05, 0) is 33.6 Å². The molecule has 1 aromatic carbocycles. The van der Waals surface area contributed by atoms with Crippen LogP contribution in [0.25, 0.3) is 11.1 Å². The van der Waals surface area contributed by atoms with Crippen LogP contribution < -0.4 is 11.3 Å². The van der Waals surface area contributed by atoms with E-state index in [9.17, 15) is 29.0 Å². The largest absolute Gasteiger partial charge is 0.478 e. The topological polar surface area (TPSA) is 133 Å². The number of carboxylic acids is 2. The third-order valence-electron chi connectivity index (χ3n) is 2.94. The smallest absolute Gasteiger partial charge is 0.342 e. The zero-order valence-electron chi connectivity index (χ0n) is 11.0. The summed E-state index contributed by atoms with van der Waals surface area (Å²) in [5.74, 6) is -4.74. The molecular formula is C13H7BrClFN2O5. The van der Waals surface area contributed by atoms with E-state index in [-0.39, 0.29) is 15.1 Å². The summed E-state index contributed by atoms with van der Waals surface area (Å²) >= 11 is 8.63. The number of aromatic nitrogens is 1. The molecule has 2 aromatic rings. The molecule has 10 heteroatoms. The lowest BCUT2D eigenvalue weighted by Crippen LogP contribution is -2.24. The minimum Gasteiger partial charge on any atom is -0.478 e. The highest BCUT2D eigenvalue weighted by atomic mass is 79.9. The van der Waals surface area contributed by atoms with Crippen LogP contribution in [0.1, 0.15) is 20.7 Å². The van der Waals surface area contributed by atoms with E-state index in [1.54, 1.807) is 0 Å². The van der Waals surface area contributed by atoms with Gasteiger partial charge in [0.2, 0.25) is 0 Å². The van der Waals surface area contributed by atoms with Gasteiger partial charge in [0.05, 0.1) is 5.02 Å². The van der Waals surface area contributed by atoms with Crippen molar-refractivity contribution in [2.45, 2.75) is 0 Å². The fourth-order valence-electron chi connectivity index (χ4n) is 2.04. The van der Waals surface area contributed by atoms with E-state index in [2.05, 4.69) is 15.9 Å². The highest BCUT2D eigenvalue weighted by Crippen LogP contribution is 2.35. The molecule has 0 saturated carbocycles. The number of benzene rings is 1. The molecule has 0 amide bonds. The van der Waals surface area contributed by atoms with Crippen molar-refractivity contribution in [2.75, 3.05) is 5.73 Å². The van der Waals surface area contributed by atoms with Gasteiger partial charge in [-0.3, -0.25) is 4.79 Å². The van der Waals surface area contributed by atoms with Crippen LogP contribution in [0.5, 0.6) is 0 Å². The predicted molar refractivity (Wildman–Crippen MR) is 83.5 cm³/mol. The Labute approximate surface area is 140 Å². The highest BCUT2D eigenvalue weighted by molar-refractivity contribution is 9.10. The number of nitrogen functional groups attached to an aromatic ring is 1. The number of hydrogen-bond acceptors (Lipinski definition) is 4. The highest BCUT2D eigenvalue weighted by Gasteiger charge is 2.27. The van der Waals surface area contributed by atoms with Crippen LogP contribution in [-0.2, 0) is 0 Å². The molecule has 120 valence electrons. The first kappa shape index (κ1) is 17.0. The molecule has 0 radical (unpaired) electrons. The summed E-state index contributed by atoms with van der Waals surface area (Å²) in [6.07, 6.45) is 0. The molecule has 1 heterocycles. The summed E-state index contributed by atoms with van der Waals surface area (Å²) in [6.45, 7) is 0. The van der Waals surface area contributed by atoms with Gasteiger partial charge in [0.15, 0.2) is 0 Å². The van der Waals surface area contributed by atoms with Gasteiger partial charge in [0.1, 0.15) is 22.8 Å². The molecule has 0 aliphatic rings. The van der Waals surface area contributed by atoms with Crippen molar-refractivity contribution >= 4 is 45.3 Å². The molecule has 0 saturated heterocycles. The monoisotopic (exact) mass is 404 g/mol. The van der Waals surface area contributed by atoms with Crippen LogP contribution in [0.3, 0.4) is 0 Å². The molecular weight excluding hydrogens is 399 g/mol. The quantitative estimate of drug-likeness (QED) is 0.580. The lowest BCUT2D eigenvalue weighted by molar-refractivity contribution is 0.0695. The van der Waals surface area contributed by atoms with E-state index in [1.165, 1.54) is 6.07 Å². The van der Waals surface area contributed by atoms with Gasteiger partial charge in [0, 0.05) is 10.0 Å². The van der Waals surface area contributed by atoms with Gasteiger partial charge < -0.3 is 20.9 Å². The van der Waals surface area contributed by atoms with Gasteiger partial charge in [0.25, 0.3) is 5.56 Å². The SMILES string of the molecule is Nc1[nH]c(=O)c(C(=O)O)c(-c2cc(F)c(Cl)c(Br)c2)c1C(=O)O. The number of halogens is 3. The molecule has 23 heavy (non-hydrogen) atoms. The van der Waals surface area contributed by atoms with Crippen molar-refractivity contribution < 1.29 is 24.2 Å². The Morgan fingerprint density at radius 2 is 1.78 bits per heavy atom. The van der Waals surface area contributed by atoms with Gasteiger partial charge in [-0.25, -0.2) is 14.0 Å². The fourth-order valence-corrected chi connectivity index (χ4v) is 2.58. The Bertz CT molecular complexity index is 889. The maximum Gasteiger partial charge on any atom is 0.342 e. The molecule has 0 atom stereocenters. The Balaban J connectivity index is 3.03. The third-order valence-corrected chi connectivity index (χ3v) is 4.18. The summed E-state index contributed by atoms with van der Waals surface area (Å²) < 4.78 is 13.9. The number of H-pyrrole nitrogens is 1. The van der Waals surface area contributed by atoms with Crippen molar-refractivity contribution in [1.82, 2.24) is 4.98 Å². The van der Waals surface area contributed by atoms with Crippen LogP contribution in [-0.4, -0.2) is 27.1 Å². The first-order valence-corrected chi connectivity index (χ1v) is 6.99. The second-order valence-electron chi connectivity index (χ2n) is 4.36. The number of nitrogens with two attached hydrogens (primary N) is 1.